The molecule has 152 valence electrons. The third kappa shape index (κ3) is 4.79. The highest BCUT2D eigenvalue weighted by Crippen LogP contribution is 2.34. The number of benzene rings is 1. The van der Waals surface area contributed by atoms with Crippen molar-refractivity contribution >= 4 is 17.6 Å². The average molecular weight is 392 g/mol. The highest BCUT2D eigenvalue weighted by Gasteiger charge is 2.27. The fraction of sp³-hybridized carbons (Fsp3) is 0.474. The summed E-state index contributed by atoms with van der Waals surface area (Å²) in [6.45, 7) is 1.79. The van der Waals surface area contributed by atoms with Crippen molar-refractivity contribution in [2.45, 2.75) is 32.6 Å². The largest absolute Gasteiger partial charge is 0.493 e. The second-order valence-corrected chi connectivity index (χ2v) is 6.14. The second-order valence-electron chi connectivity index (χ2n) is 6.14. The second kappa shape index (κ2) is 9.72. The number of allylic oxidation sites excluding steroid dienone is 2. The van der Waals surface area contributed by atoms with Gasteiger partial charge < -0.3 is 19.1 Å². The summed E-state index contributed by atoms with van der Waals surface area (Å²) < 4.78 is 15.2. The van der Waals surface area contributed by atoms with Crippen molar-refractivity contribution in [1.82, 2.24) is 4.90 Å². The smallest absolute Gasteiger partial charge is 0.345 e. The van der Waals surface area contributed by atoms with Crippen LogP contribution in [0.5, 0.6) is 11.5 Å². The number of methoxy groups -OCH3 is 2. The highest BCUT2D eigenvalue weighted by molar-refractivity contribution is 5.96. The molecule has 1 amide bonds. The minimum atomic E-state index is -0.977. The van der Waals surface area contributed by atoms with Crippen LogP contribution in [0, 0.1) is 10.1 Å². The molecular formula is C19H24N2O7. The van der Waals surface area contributed by atoms with E-state index >= 15 is 0 Å². The number of nitro groups is 1. The van der Waals surface area contributed by atoms with Gasteiger partial charge in [0.15, 0.2) is 18.1 Å². The molecule has 0 unspecified atom stereocenters. The summed E-state index contributed by atoms with van der Waals surface area (Å²) in [6.07, 6.45) is 5.83. The lowest BCUT2D eigenvalue weighted by molar-refractivity contribution is -0.385. The summed E-state index contributed by atoms with van der Waals surface area (Å²) >= 11 is 0. The van der Waals surface area contributed by atoms with Gasteiger partial charge in [0.2, 0.25) is 0 Å². The number of carbonyl (C=O) groups excluding carboxylic acids is 2. The van der Waals surface area contributed by atoms with Crippen molar-refractivity contribution in [2.75, 3.05) is 27.4 Å². The predicted octanol–water partition coefficient (Wildman–Crippen LogP) is 3.08. The Kier molecular flexibility index (Phi) is 7.36. The third-order valence-corrected chi connectivity index (χ3v) is 4.48. The van der Waals surface area contributed by atoms with E-state index in [4.69, 9.17) is 14.2 Å². The molecule has 9 nitrogen and oxygen atoms in total. The van der Waals surface area contributed by atoms with Crippen LogP contribution in [0.1, 0.15) is 43.0 Å². The van der Waals surface area contributed by atoms with E-state index in [1.165, 1.54) is 20.3 Å². The first-order valence-electron chi connectivity index (χ1n) is 8.99. The summed E-state index contributed by atoms with van der Waals surface area (Å²) in [5.74, 6) is -1.08. The number of rotatable bonds is 8. The van der Waals surface area contributed by atoms with Gasteiger partial charge >= 0.3 is 5.97 Å². The molecule has 0 spiro atoms. The predicted molar refractivity (Wildman–Crippen MR) is 100 cm³/mol. The van der Waals surface area contributed by atoms with Crippen LogP contribution in [0.3, 0.4) is 0 Å². The van der Waals surface area contributed by atoms with Gasteiger partial charge in [-0.2, -0.15) is 0 Å². The number of nitro benzene ring substituents is 1. The van der Waals surface area contributed by atoms with E-state index in [2.05, 4.69) is 0 Å². The quantitative estimate of drug-likeness (QED) is 0.380. The fourth-order valence-corrected chi connectivity index (χ4v) is 3.07. The monoisotopic (exact) mass is 392 g/mol. The Morgan fingerprint density at radius 2 is 1.86 bits per heavy atom. The molecule has 2 rings (SSSR count). The molecule has 0 saturated heterocycles. The number of esters is 1. The SMILES string of the molecule is CCN(C(=O)COC(=O)c1cc(OC)c(OC)cc1[N+](=O)[O-])C1=CCCCC1. The van der Waals surface area contributed by atoms with Crippen LogP contribution in [0.25, 0.3) is 0 Å². The van der Waals surface area contributed by atoms with Gasteiger partial charge in [0.25, 0.3) is 11.6 Å². The van der Waals surface area contributed by atoms with Gasteiger partial charge in [0.1, 0.15) is 5.56 Å². The summed E-state index contributed by atoms with van der Waals surface area (Å²) in [5.41, 5.74) is 0.125. The van der Waals surface area contributed by atoms with Crippen LogP contribution in [0.2, 0.25) is 0 Å². The highest BCUT2D eigenvalue weighted by atomic mass is 16.6. The number of ether oxygens (including phenoxy) is 3. The molecule has 1 aliphatic carbocycles. The summed E-state index contributed by atoms with van der Waals surface area (Å²) in [5, 5.41) is 11.3. The van der Waals surface area contributed by atoms with Gasteiger partial charge in [0, 0.05) is 18.3 Å². The maximum absolute atomic E-state index is 12.5. The molecule has 0 fully saturated rings. The molecule has 28 heavy (non-hydrogen) atoms. The lowest BCUT2D eigenvalue weighted by Gasteiger charge is -2.26. The van der Waals surface area contributed by atoms with Crippen LogP contribution in [-0.2, 0) is 9.53 Å². The van der Waals surface area contributed by atoms with E-state index in [1.807, 2.05) is 13.0 Å². The molecule has 0 N–H and O–H groups in total. The molecule has 0 saturated carbocycles. The Balaban J connectivity index is 2.16. The number of nitrogens with zero attached hydrogens (tertiary/aromatic N) is 2. The van der Waals surface area contributed by atoms with Gasteiger partial charge in [-0.25, -0.2) is 4.79 Å². The van der Waals surface area contributed by atoms with E-state index in [0.717, 1.165) is 37.4 Å². The molecular weight excluding hydrogens is 368 g/mol. The molecule has 1 aliphatic rings. The summed E-state index contributed by atoms with van der Waals surface area (Å²) in [4.78, 5) is 37.1. The lowest BCUT2D eigenvalue weighted by atomic mass is 10.0. The van der Waals surface area contributed by atoms with Crippen molar-refractivity contribution in [3.63, 3.8) is 0 Å². The van der Waals surface area contributed by atoms with Gasteiger partial charge in [-0.1, -0.05) is 6.08 Å². The Bertz CT molecular complexity index is 789. The Morgan fingerprint density at radius 3 is 2.39 bits per heavy atom. The van der Waals surface area contributed by atoms with Crippen molar-refractivity contribution in [2.24, 2.45) is 0 Å². The minimum absolute atomic E-state index is 0.114. The topological polar surface area (TPSA) is 108 Å². The molecule has 0 atom stereocenters. The molecule has 0 radical (unpaired) electrons. The normalized spacial score (nSPS) is 13.3. The molecule has 1 aromatic rings. The summed E-state index contributed by atoms with van der Waals surface area (Å²) in [6, 6.07) is 2.26. The van der Waals surface area contributed by atoms with Crippen LogP contribution in [0.4, 0.5) is 5.69 Å². The van der Waals surface area contributed by atoms with E-state index in [9.17, 15) is 19.7 Å². The first-order valence-corrected chi connectivity index (χ1v) is 8.99. The molecule has 0 heterocycles. The molecule has 0 bridgehead atoms. The first-order chi connectivity index (χ1) is 13.4. The van der Waals surface area contributed by atoms with Crippen LogP contribution in [0.15, 0.2) is 23.9 Å². The van der Waals surface area contributed by atoms with Gasteiger partial charge in [0.05, 0.1) is 25.2 Å². The number of likely N-dealkylation sites (N-methyl/N-ethyl adjacent to an activating group) is 1. The number of hydrogen-bond donors (Lipinski definition) is 0. The fourth-order valence-electron chi connectivity index (χ4n) is 3.07. The van der Waals surface area contributed by atoms with Gasteiger partial charge in [-0.3, -0.25) is 14.9 Å². The molecule has 1 aromatic carbocycles. The molecule has 0 aromatic heterocycles. The lowest BCUT2D eigenvalue weighted by Crippen LogP contribution is -2.34. The zero-order chi connectivity index (χ0) is 20.7. The average Bonchev–Trinajstić information content (AvgIpc) is 2.72. The van der Waals surface area contributed by atoms with Crippen LogP contribution in [-0.4, -0.2) is 49.1 Å². The number of hydrogen-bond acceptors (Lipinski definition) is 7. The Morgan fingerprint density at radius 1 is 1.18 bits per heavy atom. The molecule has 9 heteroatoms. The van der Waals surface area contributed by atoms with Crippen molar-refractivity contribution in [3.05, 3.63) is 39.6 Å². The number of carbonyl (C=O) groups is 2. The summed E-state index contributed by atoms with van der Waals surface area (Å²) in [7, 11) is 2.68. The molecule has 0 aliphatic heterocycles. The van der Waals surface area contributed by atoms with E-state index in [0.29, 0.717) is 6.54 Å². The van der Waals surface area contributed by atoms with Crippen LogP contribution < -0.4 is 9.47 Å². The van der Waals surface area contributed by atoms with Gasteiger partial charge in [-0.15, -0.1) is 0 Å². The zero-order valence-corrected chi connectivity index (χ0v) is 16.2. The van der Waals surface area contributed by atoms with Crippen molar-refractivity contribution in [3.8, 4) is 11.5 Å². The zero-order valence-electron chi connectivity index (χ0n) is 16.2. The van der Waals surface area contributed by atoms with E-state index in [-0.39, 0.29) is 23.0 Å². The van der Waals surface area contributed by atoms with Crippen LogP contribution >= 0.6 is 0 Å². The first kappa shape index (κ1) is 21.2. The number of amides is 1. The van der Waals surface area contributed by atoms with Crippen molar-refractivity contribution in [1.29, 1.82) is 0 Å². The Labute approximate surface area is 163 Å². The van der Waals surface area contributed by atoms with E-state index < -0.39 is 23.2 Å². The van der Waals surface area contributed by atoms with Crippen molar-refractivity contribution < 1.29 is 28.7 Å². The maximum Gasteiger partial charge on any atom is 0.345 e. The Hall–Kier alpha value is -3.10. The third-order valence-electron chi connectivity index (χ3n) is 4.48. The van der Waals surface area contributed by atoms with Gasteiger partial charge in [-0.05, 0) is 32.6 Å². The standard InChI is InChI=1S/C19H24N2O7/c1-4-20(13-8-6-5-7-9-13)18(22)12-28-19(23)14-10-16(26-2)17(27-3)11-15(14)21(24)25/h8,10-11H,4-7,9,12H2,1-3H3. The minimum Gasteiger partial charge on any atom is -0.493 e. The maximum atomic E-state index is 12.5. The van der Waals surface area contributed by atoms with E-state index in [1.54, 1.807) is 4.90 Å².